The van der Waals surface area contributed by atoms with E-state index in [1.54, 1.807) is 0 Å². The Morgan fingerprint density at radius 1 is 0.947 bits per heavy atom. The summed E-state index contributed by atoms with van der Waals surface area (Å²) in [5.74, 6) is 0.174. The molecule has 0 bridgehead atoms. The molecule has 1 N–H and O–H groups in total. The molecule has 1 unspecified atom stereocenters. The molecule has 2 aromatic rings. The molecule has 0 radical (unpaired) electrons. The quantitative estimate of drug-likeness (QED) is 0.908. The first-order valence-corrected chi connectivity index (χ1v) is 6.74. The van der Waals surface area contributed by atoms with Crippen LogP contribution in [0.2, 0.25) is 0 Å². The van der Waals surface area contributed by atoms with Crippen LogP contribution in [-0.4, -0.2) is 11.7 Å². The predicted molar refractivity (Wildman–Crippen MR) is 74.6 cm³/mol. The van der Waals surface area contributed by atoms with Gasteiger partial charge in [0, 0.05) is 5.92 Å². The Labute approximate surface area is 113 Å². The fourth-order valence-electron chi connectivity index (χ4n) is 2.69. The summed E-state index contributed by atoms with van der Waals surface area (Å²) >= 11 is 0. The standard InChI is InChI=1S/C17H18O2/c18-17(14-9-5-2-6-10-14)15-11-16(19-12-15)13-7-3-1-4-8-13/h1-10,15-18H,11-12H2/t15-,16+,17?/m1/s1. The molecule has 2 heteroatoms. The highest BCUT2D eigenvalue weighted by molar-refractivity contribution is 5.21. The molecule has 1 aliphatic heterocycles. The first-order chi connectivity index (χ1) is 9.34. The Bertz CT molecular complexity index is 509. The highest BCUT2D eigenvalue weighted by Gasteiger charge is 2.32. The Balaban J connectivity index is 1.69. The van der Waals surface area contributed by atoms with E-state index < -0.39 is 6.10 Å². The van der Waals surface area contributed by atoms with E-state index in [9.17, 15) is 5.11 Å². The normalized spacial score (nSPS) is 24.3. The Hall–Kier alpha value is -1.64. The van der Waals surface area contributed by atoms with Gasteiger partial charge in [0.05, 0.1) is 18.8 Å². The second kappa shape index (κ2) is 5.55. The number of hydrogen-bond acceptors (Lipinski definition) is 2. The summed E-state index contributed by atoms with van der Waals surface area (Å²) in [5, 5.41) is 10.4. The maximum atomic E-state index is 10.4. The molecule has 2 nitrogen and oxygen atoms in total. The van der Waals surface area contributed by atoms with Crippen LogP contribution in [0.3, 0.4) is 0 Å². The third-order valence-electron chi connectivity index (χ3n) is 3.79. The third kappa shape index (κ3) is 2.70. The van der Waals surface area contributed by atoms with Crippen LogP contribution in [-0.2, 0) is 4.74 Å². The summed E-state index contributed by atoms with van der Waals surface area (Å²) in [4.78, 5) is 0. The topological polar surface area (TPSA) is 29.5 Å². The fourth-order valence-corrected chi connectivity index (χ4v) is 2.69. The monoisotopic (exact) mass is 254 g/mol. The van der Waals surface area contributed by atoms with E-state index >= 15 is 0 Å². The van der Waals surface area contributed by atoms with Crippen LogP contribution in [0, 0.1) is 5.92 Å². The van der Waals surface area contributed by atoms with E-state index in [1.165, 1.54) is 5.56 Å². The smallest absolute Gasteiger partial charge is 0.0841 e. The average Bonchev–Trinajstić information content (AvgIpc) is 2.98. The van der Waals surface area contributed by atoms with Gasteiger partial charge in [-0.05, 0) is 17.5 Å². The molecule has 2 aromatic carbocycles. The highest BCUT2D eigenvalue weighted by atomic mass is 16.5. The van der Waals surface area contributed by atoms with Crippen LogP contribution in [0.5, 0.6) is 0 Å². The molecule has 1 heterocycles. The summed E-state index contributed by atoms with van der Waals surface area (Å²) in [6.07, 6.45) is 0.555. The lowest BCUT2D eigenvalue weighted by molar-refractivity contribution is 0.0759. The molecule has 1 saturated heterocycles. The molecule has 0 aliphatic carbocycles. The van der Waals surface area contributed by atoms with Crippen molar-refractivity contribution in [3.05, 3.63) is 71.8 Å². The molecule has 1 aliphatic rings. The molecule has 98 valence electrons. The first kappa shape index (κ1) is 12.4. The van der Waals surface area contributed by atoms with E-state index in [-0.39, 0.29) is 12.0 Å². The molecule has 3 atom stereocenters. The van der Waals surface area contributed by atoms with Gasteiger partial charge in [-0.15, -0.1) is 0 Å². The van der Waals surface area contributed by atoms with Crippen LogP contribution in [0.25, 0.3) is 0 Å². The van der Waals surface area contributed by atoms with Gasteiger partial charge in [-0.3, -0.25) is 0 Å². The van der Waals surface area contributed by atoms with E-state index in [4.69, 9.17) is 4.74 Å². The summed E-state index contributed by atoms with van der Waals surface area (Å²) in [6, 6.07) is 20.1. The molecule has 19 heavy (non-hydrogen) atoms. The minimum atomic E-state index is -0.435. The van der Waals surface area contributed by atoms with Crippen molar-refractivity contribution < 1.29 is 9.84 Å². The number of aliphatic hydroxyl groups excluding tert-OH is 1. The van der Waals surface area contributed by atoms with Gasteiger partial charge in [0.2, 0.25) is 0 Å². The molecular formula is C17H18O2. The SMILES string of the molecule is OC(c1ccccc1)[C@H]1CO[C@H](c2ccccc2)C1. The molecule has 0 aromatic heterocycles. The third-order valence-corrected chi connectivity index (χ3v) is 3.79. The second-order valence-electron chi connectivity index (χ2n) is 5.08. The van der Waals surface area contributed by atoms with Crippen LogP contribution < -0.4 is 0 Å². The Kier molecular flexibility index (Phi) is 3.62. The summed E-state index contributed by atoms with van der Waals surface area (Å²) < 4.78 is 5.83. The number of rotatable bonds is 3. The van der Waals surface area contributed by atoms with E-state index in [1.807, 2.05) is 48.5 Å². The average molecular weight is 254 g/mol. The molecule has 0 spiro atoms. The van der Waals surface area contributed by atoms with Crippen LogP contribution >= 0.6 is 0 Å². The van der Waals surface area contributed by atoms with Gasteiger partial charge in [-0.2, -0.15) is 0 Å². The molecule has 3 rings (SSSR count). The molecular weight excluding hydrogens is 236 g/mol. The summed E-state index contributed by atoms with van der Waals surface area (Å²) in [5.41, 5.74) is 2.18. The van der Waals surface area contributed by atoms with Crippen molar-refractivity contribution in [1.82, 2.24) is 0 Å². The lowest BCUT2D eigenvalue weighted by Crippen LogP contribution is -2.12. The number of ether oxygens (including phenoxy) is 1. The minimum Gasteiger partial charge on any atom is -0.388 e. The van der Waals surface area contributed by atoms with Crippen molar-refractivity contribution in [2.75, 3.05) is 6.61 Å². The first-order valence-electron chi connectivity index (χ1n) is 6.74. The van der Waals surface area contributed by atoms with E-state index in [0.717, 1.165) is 12.0 Å². The maximum absolute atomic E-state index is 10.4. The molecule has 0 amide bonds. The van der Waals surface area contributed by atoms with Gasteiger partial charge in [0.1, 0.15) is 0 Å². The largest absolute Gasteiger partial charge is 0.388 e. The maximum Gasteiger partial charge on any atom is 0.0841 e. The Morgan fingerprint density at radius 3 is 2.26 bits per heavy atom. The zero-order valence-electron chi connectivity index (χ0n) is 10.8. The van der Waals surface area contributed by atoms with Crippen molar-refractivity contribution in [3.63, 3.8) is 0 Å². The number of benzene rings is 2. The lowest BCUT2D eigenvalue weighted by Gasteiger charge is -2.17. The van der Waals surface area contributed by atoms with Gasteiger partial charge >= 0.3 is 0 Å². The number of aliphatic hydroxyl groups is 1. The summed E-state index contributed by atoms with van der Waals surface area (Å²) in [7, 11) is 0. The zero-order valence-corrected chi connectivity index (χ0v) is 10.8. The summed E-state index contributed by atoms with van der Waals surface area (Å²) in [6.45, 7) is 0.621. The van der Waals surface area contributed by atoms with Gasteiger partial charge in [0.15, 0.2) is 0 Å². The van der Waals surface area contributed by atoms with Gasteiger partial charge in [0.25, 0.3) is 0 Å². The van der Waals surface area contributed by atoms with Crippen LogP contribution in [0.1, 0.15) is 29.8 Å². The van der Waals surface area contributed by atoms with Crippen molar-refractivity contribution in [2.45, 2.75) is 18.6 Å². The minimum absolute atomic E-state index is 0.115. The highest BCUT2D eigenvalue weighted by Crippen LogP contribution is 2.38. The Morgan fingerprint density at radius 2 is 1.58 bits per heavy atom. The van der Waals surface area contributed by atoms with E-state index in [2.05, 4.69) is 12.1 Å². The van der Waals surface area contributed by atoms with E-state index in [0.29, 0.717) is 6.61 Å². The molecule has 0 saturated carbocycles. The van der Waals surface area contributed by atoms with Gasteiger partial charge < -0.3 is 9.84 Å². The fraction of sp³-hybridized carbons (Fsp3) is 0.294. The lowest BCUT2D eigenvalue weighted by atomic mass is 9.92. The van der Waals surface area contributed by atoms with Crippen molar-refractivity contribution >= 4 is 0 Å². The molecule has 1 fully saturated rings. The van der Waals surface area contributed by atoms with Crippen molar-refractivity contribution in [3.8, 4) is 0 Å². The van der Waals surface area contributed by atoms with Crippen LogP contribution in [0.4, 0.5) is 0 Å². The van der Waals surface area contributed by atoms with Gasteiger partial charge in [-0.1, -0.05) is 60.7 Å². The van der Waals surface area contributed by atoms with Crippen LogP contribution in [0.15, 0.2) is 60.7 Å². The van der Waals surface area contributed by atoms with Crippen molar-refractivity contribution in [1.29, 1.82) is 0 Å². The second-order valence-corrected chi connectivity index (χ2v) is 5.08. The van der Waals surface area contributed by atoms with Gasteiger partial charge in [-0.25, -0.2) is 0 Å². The number of hydrogen-bond donors (Lipinski definition) is 1. The predicted octanol–water partition coefficient (Wildman–Crippen LogP) is 3.50. The van der Waals surface area contributed by atoms with Crippen molar-refractivity contribution in [2.24, 2.45) is 5.92 Å². The zero-order chi connectivity index (χ0) is 13.1.